The van der Waals surface area contributed by atoms with E-state index < -0.39 is 0 Å². The average Bonchev–Trinajstić information content (AvgIpc) is 2.31. The molecule has 0 aliphatic carbocycles. The summed E-state index contributed by atoms with van der Waals surface area (Å²) in [7, 11) is 0. The third-order valence-electron chi connectivity index (χ3n) is 2.42. The van der Waals surface area contributed by atoms with E-state index in [9.17, 15) is 4.79 Å². The number of rotatable bonds is 6. The first-order chi connectivity index (χ1) is 8.54. The molecule has 0 radical (unpaired) electrons. The first kappa shape index (κ1) is 14.8. The minimum Gasteiger partial charge on any atom is -0.493 e. The highest BCUT2D eigenvalue weighted by molar-refractivity contribution is 6.30. The molecule has 1 aromatic rings. The zero-order chi connectivity index (χ0) is 13.5. The Kier molecular flexibility index (Phi) is 5.95. The van der Waals surface area contributed by atoms with Gasteiger partial charge in [0.05, 0.1) is 13.0 Å². The molecule has 0 aliphatic heterocycles. The van der Waals surface area contributed by atoms with Crippen LogP contribution in [0.1, 0.15) is 31.9 Å². The van der Waals surface area contributed by atoms with Gasteiger partial charge in [-0.2, -0.15) is 0 Å². The summed E-state index contributed by atoms with van der Waals surface area (Å²) in [5.41, 5.74) is 6.69. The van der Waals surface area contributed by atoms with Crippen LogP contribution >= 0.6 is 11.6 Å². The maximum Gasteiger partial charge on any atom is 0.223 e. The highest BCUT2D eigenvalue weighted by atomic mass is 35.5. The fourth-order valence-corrected chi connectivity index (χ4v) is 1.73. The van der Waals surface area contributed by atoms with E-state index in [0.29, 0.717) is 30.3 Å². The SMILES string of the molecule is CCNC(=O)CCOc1ccc(Cl)cc1C(C)N. The summed E-state index contributed by atoms with van der Waals surface area (Å²) in [6.07, 6.45) is 0.328. The van der Waals surface area contributed by atoms with E-state index >= 15 is 0 Å². The lowest BCUT2D eigenvalue weighted by Crippen LogP contribution is -2.24. The Morgan fingerprint density at radius 2 is 2.28 bits per heavy atom. The van der Waals surface area contributed by atoms with Crippen molar-refractivity contribution in [3.8, 4) is 5.75 Å². The molecule has 3 N–H and O–H groups in total. The van der Waals surface area contributed by atoms with E-state index in [0.717, 1.165) is 5.56 Å². The molecule has 0 fully saturated rings. The smallest absolute Gasteiger partial charge is 0.223 e. The lowest BCUT2D eigenvalue weighted by Gasteiger charge is -2.14. The zero-order valence-corrected chi connectivity index (χ0v) is 11.5. The second kappa shape index (κ2) is 7.24. The summed E-state index contributed by atoms with van der Waals surface area (Å²) >= 11 is 5.91. The standard InChI is InChI=1S/C13H19ClN2O2/c1-3-16-13(17)6-7-18-12-5-4-10(14)8-11(12)9(2)15/h4-5,8-9H,3,6-7,15H2,1-2H3,(H,16,17). The van der Waals surface area contributed by atoms with Gasteiger partial charge in [-0.3, -0.25) is 4.79 Å². The molecule has 0 saturated carbocycles. The van der Waals surface area contributed by atoms with Crippen LogP contribution in [0, 0.1) is 0 Å². The quantitative estimate of drug-likeness (QED) is 0.833. The van der Waals surface area contributed by atoms with Crippen molar-refractivity contribution in [1.29, 1.82) is 0 Å². The predicted octanol–water partition coefficient (Wildman–Crippen LogP) is 2.26. The minimum absolute atomic E-state index is 0.0196. The number of nitrogens with two attached hydrogens (primary N) is 1. The van der Waals surface area contributed by atoms with Crippen LogP contribution in [0.4, 0.5) is 0 Å². The third kappa shape index (κ3) is 4.55. The van der Waals surface area contributed by atoms with Crippen LogP contribution in [-0.4, -0.2) is 19.1 Å². The molecule has 0 spiro atoms. The molecule has 5 heteroatoms. The van der Waals surface area contributed by atoms with Crippen LogP contribution in [0.25, 0.3) is 0 Å². The van der Waals surface area contributed by atoms with Gasteiger partial charge in [-0.05, 0) is 32.0 Å². The summed E-state index contributed by atoms with van der Waals surface area (Å²) in [5.74, 6) is 0.660. The van der Waals surface area contributed by atoms with Gasteiger partial charge in [0.2, 0.25) is 5.91 Å². The summed E-state index contributed by atoms with van der Waals surface area (Å²) in [4.78, 5) is 11.3. The molecule has 0 bridgehead atoms. The van der Waals surface area contributed by atoms with Gasteiger partial charge in [-0.25, -0.2) is 0 Å². The normalized spacial score (nSPS) is 12.0. The molecule has 0 aromatic heterocycles. The van der Waals surface area contributed by atoms with E-state index in [2.05, 4.69) is 5.32 Å². The van der Waals surface area contributed by atoms with E-state index in [1.54, 1.807) is 18.2 Å². The summed E-state index contributed by atoms with van der Waals surface area (Å²) in [6, 6.07) is 5.14. The van der Waals surface area contributed by atoms with Crippen molar-refractivity contribution in [2.24, 2.45) is 5.73 Å². The number of benzene rings is 1. The van der Waals surface area contributed by atoms with Crippen LogP contribution in [0.5, 0.6) is 5.75 Å². The molecule has 1 unspecified atom stereocenters. The highest BCUT2D eigenvalue weighted by Crippen LogP contribution is 2.27. The van der Waals surface area contributed by atoms with E-state index in [1.807, 2.05) is 13.8 Å². The van der Waals surface area contributed by atoms with Gasteiger partial charge in [0, 0.05) is 23.2 Å². The number of hydrogen-bond acceptors (Lipinski definition) is 3. The molecule has 1 amide bonds. The summed E-state index contributed by atoms with van der Waals surface area (Å²) < 4.78 is 5.57. The number of nitrogens with one attached hydrogen (secondary N) is 1. The third-order valence-corrected chi connectivity index (χ3v) is 2.66. The second-order valence-electron chi connectivity index (χ2n) is 4.02. The van der Waals surface area contributed by atoms with Gasteiger partial charge < -0.3 is 15.8 Å². The van der Waals surface area contributed by atoms with Gasteiger partial charge in [0.1, 0.15) is 5.75 Å². The lowest BCUT2D eigenvalue weighted by atomic mass is 10.1. The Morgan fingerprint density at radius 3 is 2.89 bits per heavy atom. The Labute approximate surface area is 112 Å². The molecule has 0 heterocycles. The van der Waals surface area contributed by atoms with Crippen LogP contribution in [0.15, 0.2) is 18.2 Å². The molecular weight excluding hydrogens is 252 g/mol. The lowest BCUT2D eigenvalue weighted by molar-refractivity contribution is -0.121. The molecule has 1 aromatic carbocycles. The first-order valence-electron chi connectivity index (χ1n) is 5.99. The number of halogens is 1. The number of ether oxygens (including phenoxy) is 1. The van der Waals surface area contributed by atoms with Crippen molar-refractivity contribution in [2.75, 3.05) is 13.2 Å². The molecule has 0 aliphatic rings. The van der Waals surface area contributed by atoms with Crippen molar-refractivity contribution in [3.05, 3.63) is 28.8 Å². The van der Waals surface area contributed by atoms with Crippen molar-refractivity contribution < 1.29 is 9.53 Å². The molecule has 100 valence electrons. The predicted molar refractivity (Wildman–Crippen MR) is 72.9 cm³/mol. The molecule has 1 rings (SSSR count). The maximum atomic E-state index is 11.3. The molecule has 1 atom stereocenters. The monoisotopic (exact) mass is 270 g/mol. The van der Waals surface area contributed by atoms with Crippen LogP contribution in [-0.2, 0) is 4.79 Å². The number of carbonyl (C=O) groups is 1. The zero-order valence-electron chi connectivity index (χ0n) is 10.7. The minimum atomic E-state index is -0.164. The Hall–Kier alpha value is -1.26. The molecule has 0 saturated heterocycles. The van der Waals surface area contributed by atoms with E-state index in [1.165, 1.54) is 0 Å². The largest absolute Gasteiger partial charge is 0.493 e. The molecule has 4 nitrogen and oxygen atoms in total. The van der Waals surface area contributed by atoms with Crippen LogP contribution in [0.2, 0.25) is 5.02 Å². The number of hydrogen-bond donors (Lipinski definition) is 2. The summed E-state index contributed by atoms with van der Waals surface area (Å²) in [5, 5.41) is 3.34. The Bertz CT molecular complexity index is 408. The number of amides is 1. The number of carbonyl (C=O) groups excluding carboxylic acids is 1. The van der Waals surface area contributed by atoms with Crippen molar-refractivity contribution >= 4 is 17.5 Å². The van der Waals surface area contributed by atoms with Gasteiger partial charge in [0.25, 0.3) is 0 Å². The van der Waals surface area contributed by atoms with Gasteiger partial charge in [-0.15, -0.1) is 0 Å². The highest BCUT2D eigenvalue weighted by Gasteiger charge is 2.09. The van der Waals surface area contributed by atoms with Crippen molar-refractivity contribution in [1.82, 2.24) is 5.32 Å². The Morgan fingerprint density at radius 1 is 1.56 bits per heavy atom. The fourth-order valence-electron chi connectivity index (χ4n) is 1.55. The van der Waals surface area contributed by atoms with E-state index in [4.69, 9.17) is 22.1 Å². The second-order valence-corrected chi connectivity index (χ2v) is 4.46. The molecular formula is C13H19ClN2O2. The van der Waals surface area contributed by atoms with Crippen LogP contribution in [0.3, 0.4) is 0 Å². The van der Waals surface area contributed by atoms with Crippen molar-refractivity contribution in [3.63, 3.8) is 0 Å². The van der Waals surface area contributed by atoms with Crippen molar-refractivity contribution in [2.45, 2.75) is 26.3 Å². The summed E-state index contributed by atoms with van der Waals surface area (Å²) in [6.45, 7) is 4.70. The van der Waals surface area contributed by atoms with Gasteiger partial charge in [-0.1, -0.05) is 11.6 Å². The molecule has 18 heavy (non-hydrogen) atoms. The topological polar surface area (TPSA) is 64.3 Å². The fraction of sp³-hybridized carbons (Fsp3) is 0.462. The Balaban J connectivity index is 2.59. The van der Waals surface area contributed by atoms with Gasteiger partial charge >= 0.3 is 0 Å². The van der Waals surface area contributed by atoms with Gasteiger partial charge in [0.15, 0.2) is 0 Å². The van der Waals surface area contributed by atoms with Crippen LogP contribution < -0.4 is 15.8 Å². The maximum absolute atomic E-state index is 11.3. The average molecular weight is 271 g/mol. The first-order valence-corrected chi connectivity index (χ1v) is 6.37. The van der Waals surface area contributed by atoms with E-state index in [-0.39, 0.29) is 11.9 Å².